The molecule has 2 aromatic heterocycles. The van der Waals surface area contributed by atoms with Crippen LogP contribution in [-0.4, -0.2) is 21.8 Å². The number of carbonyl (C=O) groups is 2. The summed E-state index contributed by atoms with van der Waals surface area (Å²) in [5.41, 5.74) is 0.562. The van der Waals surface area contributed by atoms with Gasteiger partial charge in [0.15, 0.2) is 11.5 Å². The second kappa shape index (κ2) is 7.47. The maximum atomic E-state index is 12.3. The molecule has 24 heavy (non-hydrogen) atoms. The van der Waals surface area contributed by atoms with E-state index in [-0.39, 0.29) is 23.3 Å². The highest BCUT2D eigenvalue weighted by atomic mass is 32.1. The normalized spacial score (nSPS) is 10.2. The molecule has 0 aliphatic heterocycles. The summed E-state index contributed by atoms with van der Waals surface area (Å²) in [7, 11) is 0. The Kier molecular flexibility index (Phi) is 4.93. The van der Waals surface area contributed by atoms with Gasteiger partial charge >= 0.3 is 0 Å². The molecular formula is C17H14N4O2S. The molecule has 0 spiro atoms. The third-order valence-electron chi connectivity index (χ3n) is 3.18. The Balaban J connectivity index is 1.72. The summed E-state index contributed by atoms with van der Waals surface area (Å²) in [4.78, 5) is 33.7. The summed E-state index contributed by atoms with van der Waals surface area (Å²) in [6.07, 6.45) is 2.84. The Labute approximate surface area is 142 Å². The fourth-order valence-corrected chi connectivity index (χ4v) is 2.67. The van der Waals surface area contributed by atoms with Crippen LogP contribution in [-0.2, 0) is 6.54 Å². The van der Waals surface area contributed by atoms with Crippen molar-refractivity contribution in [3.63, 3.8) is 0 Å². The van der Waals surface area contributed by atoms with Gasteiger partial charge in [-0.25, -0.2) is 9.97 Å². The predicted octanol–water partition coefficient (Wildman–Crippen LogP) is 2.72. The number of nitrogens with zero attached hydrogens (tertiary/aromatic N) is 2. The van der Waals surface area contributed by atoms with E-state index in [0.29, 0.717) is 12.1 Å². The smallest absolute Gasteiger partial charge is 0.274 e. The molecular weight excluding hydrogens is 324 g/mol. The van der Waals surface area contributed by atoms with Crippen molar-refractivity contribution in [2.45, 2.75) is 6.54 Å². The number of aromatic nitrogens is 2. The minimum atomic E-state index is -0.389. The van der Waals surface area contributed by atoms with Crippen LogP contribution in [0.25, 0.3) is 0 Å². The molecule has 2 N–H and O–H groups in total. The van der Waals surface area contributed by atoms with E-state index in [9.17, 15) is 9.59 Å². The molecule has 6 nitrogen and oxygen atoms in total. The van der Waals surface area contributed by atoms with Gasteiger partial charge in [-0.15, -0.1) is 11.3 Å². The highest BCUT2D eigenvalue weighted by Crippen LogP contribution is 2.12. The molecule has 0 fully saturated rings. The van der Waals surface area contributed by atoms with Crippen molar-refractivity contribution >= 4 is 29.0 Å². The van der Waals surface area contributed by atoms with Crippen molar-refractivity contribution < 1.29 is 9.59 Å². The quantitative estimate of drug-likeness (QED) is 0.749. The van der Waals surface area contributed by atoms with Gasteiger partial charge in [-0.05, 0) is 23.6 Å². The molecule has 0 aliphatic rings. The van der Waals surface area contributed by atoms with Gasteiger partial charge < -0.3 is 10.6 Å². The number of benzene rings is 1. The van der Waals surface area contributed by atoms with Crippen LogP contribution in [0.15, 0.2) is 60.2 Å². The first-order valence-electron chi connectivity index (χ1n) is 7.22. The van der Waals surface area contributed by atoms with Gasteiger partial charge in [0.2, 0.25) is 0 Å². The highest BCUT2D eigenvalue weighted by Gasteiger charge is 2.16. The Hall–Kier alpha value is -3.06. The molecule has 0 atom stereocenters. The molecule has 0 radical (unpaired) electrons. The highest BCUT2D eigenvalue weighted by molar-refractivity contribution is 7.09. The van der Waals surface area contributed by atoms with Crippen LogP contribution in [0, 0.1) is 0 Å². The number of amides is 2. The molecule has 3 rings (SSSR count). The minimum Gasteiger partial charge on any atom is -0.346 e. The van der Waals surface area contributed by atoms with Gasteiger partial charge in [0.1, 0.15) is 0 Å². The van der Waals surface area contributed by atoms with Crippen molar-refractivity contribution in [2.75, 3.05) is 5.32 Å². The van der Waals surface area contributed by atoms with E-state index in [0.717, 1.165) is 4.88 Å². The van der Waals surface area contributed by atoms with Crippen LogP contribution in [0.4, 0.5) is 5.82 Å². The lowest BCUT2D eigenvalue weighted by Crippen LogP contribution is -2.26. The molecule has 0 saturated heterocycles. The van der Waals surface area contributed by atoms with E-state index < -0.39 is 0 Å². The van der Waals surface area contributed by atoms with Crippen LogP contribution >= 0.6 is 11.3 Å². The van der Waals surface area contributed by atoms with Crippen molar-refractivity contribution in [2.24, 2.45) is 0 Å². The van der Waals surface area contributed by atoms with Crippen LogP contribution in [0.3, 0.4) is 0 Å². The van der Waals surface area contributed by atoms with Crippen LogP contribution < -0.4 is 10.6 Å². The summed E-state index contributed by atoms with van der Waals surface area (Å²) in [6.45, 7) is 0.402. The number of nitrogens with one attached hydrogen (secondary N) is 2. The zero-order valence-electron chi connectivity index (χ0n) is 12.6. The van der Waals surface area contributed by atoms with Gasteiger partial charge in [-0.1, -0.05) is 24.3 Å². The van der Waals surface area contributed by atoms with E-state index >= 15 is 0 Å². The van der Waals surface area contributed by atoms with Crippen LogP contribution in [0.2, 0.25) is 0 Å². The molecule has 7 heteroatoms. The average molecular weight is 338 g/mol. The first-order valence-corrected chi connectivity index (χ1v) is 8.10. The SMILES string of the molecule is O=C(Nc1nccnc1C(=O)NCc1cccs1)c1ccccc1. The Bertz CT molecular complexity index is 835. The molecule has 0 unspecified atom stereocenters. The standard InChI is InChI=1S/C17H14N4O2S/c22-16(12-5-2-1-3-6-12)21-15-14(18-8-9-19-15)17(23)20-11-13-7-4-10-24-13/h1-10H,11H2,(H,20,23)(H,19,21,22). The monoisotopic (exact) mass is 338 g/mol. The van der Waals surface area contributed by atoms with Crippen molar-refractivity contribution in [1.82, 2.24) is 15.3 Å². The lowest BCUT2D eigenvalue weighted by atomic mass is 10.2. The zero-order chi connectivity index (χ0) is 16.8. The van der Waals surface area contributed by atoms with Gasteiger partial charge in [-0.3, -0.25) is 9.59 Å². The molecule has 1 aromatic carbocycles. The number of thiophene rings is 1. The van der Waals surface area contributed by atoms with Gasteiger partial charge in [-0.2, -0.15) is 0 Å². The Morgan fingerprint density at radius 2 is 1.75 bits per heavy atom. The number of hydrogen-bond acceptors (Lipinski definition) is 5. The second-order valence-electron chi connectivity index (χ2n) is 4.84. The summed E-state index contributed by atoms with van der Waals surface area (Å²) < 4.78 is 0. The summed E-state index contributed by atoms with van der Waals surface area (Å²) in [6, 6.07) is 12.6. The van der Waals surface area contributed by atoms with Crippen molar-refractivity contribution in [3.8, 4) is 0 Å². The zero-order valence-corrected chi connectivity index (χ0v) is 13.4. The number of carbonyl (C=O) groups excluding carboxylic acids is 2. The summed E-state index contributed by atoms with van der Waals surface area (Å²) >= 11 is 1.55. The Morgan fingerprint density at radius 3 is 2.50 bits per heavy atom. The van der Waals surface area contributed by atoms with Crippen LogP contribution in [0.5, 0.6) is 0 Å². The lowest BCUT2D eigenvalue weighted by molar-refractivity contribution is 0.0947. The third kappa shape index (κ3) is 3.82. The fraction of sp³-hybridized carbons (Fsp3) is 0.0588. The number of anilines is 1. The average Bonchev–Trinajstić information content (AvgIpc) is 3.14. The van der Waals surface area contributed by atoms with E-state index in [1.807, 2.05) is 23.6 Å². The largest absolute Gasteiger partial charge is 0.346 e. The van der Waals surface area contributed by atoms with Crippen molar-refractivity contribution in [1.29, 1.82) is 0 Å². The molecule has 120 valence electrons. The van der Waals surface area contributed by atoms with Crippen molar-refractivity contribution in [3.05, 3.63) is 76.4 Å². The third-order valence-corrected chi connectivity index (χ3v) is 4.06. The van der Waals surface area contributed by atoms with E-state index in [4.69, 9.17) is 0 Å². The molecule has 0 aliphatic carbocycles. The molecule has 0 saturated carbocycles. The molecule has 0 bridgehead atoms. The molecule has 2 heterocycles. The van der Waals surface area contributed by atoms with E-state index in [2.05, 4.69) is 20.6 Å². The van der Waals surface area contributed by atoms with E-state index in [1.165, 1.54) is 12.4 Å². The van der Waals surface area contributed by atoms with Gasteiger partial charge in [0, 0.05) is 22.8 Å². The van der Waals surface area contributed by atoms with E-state index in [1.54, 1.807) is 35.6 Å². The first-order chi connectivity index (χ1) is 11.7. The van der Waals surface area contributed by atoms with Gasteiger partial charge in [0.05, 0.1) is 6.54 Å². The number of hydrogen-bond donors (Lipinski definition) is 2. The fourth-order valence-electron chi connectivity index (χ4n) is 2.03. The topological polar surface area (TPSA) is 84.0 Å². The maximum absolute atomic E-state index is 12.3. The molecule has 2 amide bonds. The maximum Gasteiger partial charge on any atom is 0.274 e. The Morgan fingerprint density at radius 1 is 0.958 bits per heavy atom. The summed E-state index contributed by atoms with van der Waals surface area (Å²) in [5, 5.41) is 7.34. The lowest BCUT2D eigenvalue weighted by Gasteiger charge is -2.09. The minimum absolute atomic E-state index is 0.0818. The molecule has 3 aromatic rings. The summed E-state index contributed by atoms with van der Waals surface area (Å²) in [5.74, 6) is -0.599. The number of rotatable bonds is 5. The first kappa shape index (κ1) is 15.8. The second-order valence-corrected chi connectivity index (χ2v) is 5.87. The van der Waals surface area contributed by atoms with Crippen LogP contribution in [0.1, 0.15) is 25.7 Å². The van der Waals surface area contributed by atoms with Gasteiger partial charge in [0.25, 0.3) is 11.8 Å². The predicted molar refractivity (Wildman–Crippen MR) is 91.9 cm³/mol.